The Morgan fingerprint density at radius 3 is 2.26 bits per heavy atom. The smallest absolute Gasteiger partial charge is 0.338 e. The van der Waals surface area contributed by atoms with Crippen molar-refractivity contribution in [3.05, 3.63) is 52.6 Å². The highest BCUT2D eigenvalue weighted by atomic mass is 16.2. The van der Waals surface area contributed by atoms with E-state index >= 15 is 0 Å². The van der Waals surface area contributed by atoms with Crippen molar-refractivity contribution in [1.82, 2.24) is 24.3 Å². The minimum atomic E-state index is -0.943. The fourth-order valence-corrected chi connectivity index (χ4v) is 4.35. The van der Waals surface area contributed by atoms with E-state index in [0.29, 0.717) is 37.8 Å². The summed E-state index contributed by atoms with van der Waals surface area (Å²) in [4.78, 5) is 47.2. The number of nitrogens with zero attached hydrogens (tertiary/aromatic N) is 5. The third-order valence-electron chi connectivity index (χ3n) is 6.43. The van der Waals surface area contributed by atoms with Crippen LogP contribution in [0.4, 0.5) is 10.6 Å². The molecule has 2 aliphatic heterocycles. The Labute approximate surface area is 204 Å². The van der Waals surface area contributed by atoms with Crippen molar-refractivity contribution in [2.75, 3.05) is 51.1 Å². The van der Waals surface area contributed by atoms with Crippen LogP contribution in [0.25, 0.3) is 5.69 Å². The van der Waals surface area contributed by atoms with E-state index in [1.807, 2.05) is 24.3 Å². The van der Waals surface area contributed by atoms with E-state index < -0.39 is 11.2 Å². The summed E-state index contributed by atoms with van der Waals surface area (Å²) in [7, 11) is 0. The molecular formula is C24H34N8O3. The first-order valence-electron chi connectivity index (χ1n) is 11.9. The van der Waals surface area contributed by atoms with Crippen LogP contribution in [-0.2, 0) is 11.3 Å². The Kier molecular flexibility index (Phi) is 7.20. The second-order valence-corrected chi connectivity index (χ2v) is 9.86. The van der Waals surface area contributed by atoms with Crippen LogP contribution in [0, 0.1) is 5.92 Å². The highest BCUT2D eigenvalue weighted by Crippen LogP contribution is 2.18. The molecule has 11 heteroatoms. The van der Waals surface area contributed by atoms with Crippen molar-refractivity contribution >= 4 is 17.8 Å². The van der Waals surface area contributed by atoms with Crippen LogP contribution in [0.3, 0.4) is 0 Å². The number of rotatable bonds is 6. The molecule has 0 bridgehead atoms. The number of amides is 3. The number of nitrogens with one attached hydrogen (secondary N) is 1. The number of aromatic nitrogens is 2. The Balaban J connectivity index is 1.32. The van der Waals surface area contributed by atoms with Crippen molar-refractivity contribution in [2.24, 2.45) is 17.4 Å². The van der Waals surface area contributed by atoms with E-state index in [1.54, 1.807) is 35.9 Å². The fourth-order valence-electron chi connectivity index (χ4n) is 4.35. The molecule has 0 aliphatic carbocycles. The lowest BCUT2D eigenvalue weighted by molar-refractivity contribution is -0.137. The van der Waals surface area contributed by atoms with Crippen molar-refractivity contribution in [3.63, 3.8) is 0 Å². The molecule has 2 aromatic rings. The zero-order chi connectivity index (χ0) is 25.2. The number of nitrogens with two attached hydrogens (primary N) is 2. The lowest BCUT2D eigenvalue weighted by atomic mass is 9.99. The summed E-state index contributed by atoms with van der Waals surface area (Å²) in [5.74, 6) is 0.633. The first-order chi connectivity index (χ1) is 16.6. The molecule has 2 aliphatic rings. The quantitative estimate of drug-likeness (QED) is 0.527. The van der Waals surface area contributed by atoms with Crippen LogP contribution >= 0.6 is 0 Å². The molecule has 11 nitrogen and oxygen atoms in total. The van der Waals surface area contributed by atoms with Gasteiger partial charge < -0.3 is 21.3 Å². The molecule has 5 N–H and O–H groups in total. The van der Waals surface area contributed by atoms with Gasteiger partial charge in [-0.05, 0) is 50.1 Å². The van der Waals surface area contributed by atoms with E-state index in [1.165, 1.54) is 10.1 Å². The third kappa shape index (κ3) is 5.87. The zero-order valence-corrected chi connectivity index (χ0v) is 20.3. The molecule has 1 aromatic carbocycles. The summed E-state index contributed by atoms with van der Waals surface area (Å²) in [6.07, 6.45) is 1.60. The molecule has 0 radical (unpaired) electrons. The first-order valence-corrected chi connectivity index (χ1v) is 11.9. The molecule has 4 rings (SSSR count). The van der Waals surface area contributed by atoms with Gasteiger partial charge >= 0.3 is 11.7 Å². The molecule has 2 saturated heterocycles. The maximum atomic E-state index is 12.6. The van der Waals surface area contributed by atoms with Crippen molar-refractivity contribution in [2.45, 2.75) is 25.9 Å². The number of hydrogen-bond donors (Lipinski definition) is 3. The van der Waals surface area contributed by atoms with E-state index in [-0.39, 0.29) is 17.8 Å². The largest absolute Gasteiger partial charge is 0.354 e. The summed E-state index contributed by atoms with van der Waals surface area (Å²) in [6.45, 7) is 8.54. The molecule has 0 unspecified atom stereocenters. The topological polar surface area (TPSA) is 143 Å². The van der Waals surface area contributed by atoms with Gasteiger partial charge in [0.2, 0.25) is 5.91 Å². The summed E-state index contributed by atoms with van der Waals surface area (Å²) < 4.78 is 1.44. The lowest BCUT2D eigenvalue weighted by Crippen LogP contribution is -2.58. The highest BCUT2D eigenvalue weighted by Gasteiger charge is 2.31. The van der Waals surface area contributed by atoms with Crippen LogP contribution in [0.15, 0.2) is 41.3 Å². The Morgan fingerprint density at radius 1 is 1.06 bits per heavy atom. The van der Waals surface area contributed by atoms with Gasteiger partial charge in [-0.1, -0.05) is 12.1 Å². The molecular weight excluding hydrogens is 448 g/mol. The summed E-state index contributed by atoms with van der Waals surface area (Å²) in [5.41, 5.74) is 12.0. The van der Waals surface area contributed by atoms with Gasteiger partial charge in [0, 0.05) is 52.0 Å². The van der Waals surface area contributed by atoms with E-state index in [0.717, 1.165) is 26.2 Å². The fraction of sp³-hybridized carbons (Fsp3) is 0.500. The minimum absolute atomic E-state index is 0.142. The Morgan fingerprint density at radius 2 is 1.69 bits per heavy atom. The number of hydrogen-bond acceptors (Lipinski definition) is 7. The SMILES string of the molecule is CC(C)(N)C(=O)N1CCN(C(=O)Nc2ccn(-c3ccc(CN4CC(CN)C4)cc3)c(=O)n2)CC1. The first kappa shape index (κ1) is 24.8. The zero-order valence-electron chi connectivity index (χ0n) is 20.3. The van der Waals surface area contributed by atoms with Crippen molar-refractivity contribution in [1.29, 1.82) is 0 Å². The second-order valence-electron chi connectivity index (χ2n) is 9.86. The van der Waals surface area contributed by atoms with Crippen LogP contribution < -0.4 is 22.5 Å². The summed E-state index contributed by atoms with van der Waals surface area (Å²) >= 11 is 0. The predicted octanol–water partition coefficient (Wildman–Crippen LogP) is 0.0364. The average Bonchev–Trinajstić information content (AvgIpc) is 2.81. The predicted molar refractivity (Wildman–Crippen MR) is 133 cm³/mol. The van der Waals surface area contributed by atoms with Gasteiger partial charge in [0.05, 0.1) is 11.2 Å². The molecule has 188 valence electrons. The molecule has 0 saturated carbocycles. The molecule has 3 amide bonds. The monoisotopic (exact) mass is 482 g/mol. The number of carbonyl (C=O) groups is 2. The maximum absolute atomic E-state index is 12.6. The van der Waals surface area contributed by atoms with Crippen LogP contribution in [0.5, 0.6) is 0 Å². The third-order valence-corrected chi connectivity index (χ3v) is 6.43. The van der Waals surface area contributed by atoms with E-state index in [4.69, 9.17) is 11.5 Å². The maximum Gasteiger partial charge on any atom is 0.354 e. The van der Waals surface area contributed by atoms with Gasteiger partial charge in [0.25, 0.3) is 0 Å². The number of urea groups is 1. The minimum Gasteiger partial charge on any atom is -0.338 e. The van der Waals surface area contributed by atoms with Crippen molar-refractivity contribution in [3.8, 4) is 5.69 Å². The highest BCUT2D eigenvalue weighted by molar-refractivity contribution is 5.89. The Bertz CT molecular complexity index is 1110. The summed E-state index contributed by atoms with van der Waals surface area (Å²) in [5, 5.41) is 2.68. The van der Waals surface area contributed by atoms with E-state index in [9.17, 15) is 14.4 Å². The summed E-state index contributed by atoms with van der Waals surface area (Å²) in [6, 6.07) is 9.02. The van der Waals surface area contributed by atoms with Gasteiger partial charge in [-0.3, -0.25) is 19.6 Å². The van der Waals surface area contributed by atoms with Crippen LogP contribution in [0.2, 0.25) is 0 Å². The molecule has 0 atom stereocenters. The number of carbonyl (C=O) groups excluding carboxylic acids is 2. The molecule has 35 heavy (non-hydrogen) atoms. The number of piperazine rings is 1. The van der Waals surface area contributed by atoms with Crippen LogP contribution in [-0.4, -0.2) is 87.5 Å². The average molecular weight is 483 g/mol. The van der Waals surface area contributed by atoms with Crippen molar-refractivity contribution < 1.29 is 9.59 Å². The van der Waals surface area contributed by atoms with Gasteiger partial charge in [-0.2, -0.15) is 4.98 Å². The van der Waals surface area contributed by atoms with E-state index in [2.05, 4.69) is 15.2 Å². The number of anilines is 1. The van der Waals surface area contributed by atoms with Gasteiger partial charge in [0.15, 0.2) is 0 Å². The molecule has 3 heterocycles. The standard InChI is InChI=1S/C24H34N8O3/c1-24(2,26)21(33)30-9-11-31(12-10-30)22(34)27-20-7-8-32(23(35)28-20)19-5-3-17(4-6-19)14-29-15-18(13-25)16-29/h3-8,18H,9-16,25-26H2,1-2H3,(H,27,28,34,35). The lowest BCUT2D eigenvalue weighted by Gasteiger charge is -2.38. The Hall–Kier alpha value is -3.28. The number of benzene rings is 1. The van der Waals surface area contributed by atoms with Gasteiger partial charge in [-0.15, -0.1) is 0 Å². The van der Waals surface area contributed by atoms with Gasteiger partial charge in [0.1, 0.15) is 5.82 Å². The van der Waals surface area contributed by atoms with Crippen LogP contribution in [0.1, 0.15) is 19.4 Å². The molecule has 1 aromatic heterocycles. The molecule has 0 spiro atoms. The number of likely N-dealkylation sites (tertiary alicyclic amines) is 1. The normalized spacial score (nSPS) is 17.3. The second kappa shape index (κ2) is 10.1. The van der Waals surface area contributed by atoms with Gasteiger partial charge in [-0.25, -0.2) is 9.59 Å². The molecule has 2 fully saturated rings.